The normalized spacial score (nSPS) is 12.2. The minimum Gasteiger partial charge on any atom is -0.492 e. The maximum absolute atomic E-state index is 5.99. The van der Waals surface area contributed by atoms with Gasteiger partial charge in [0.05, 0.1) is 12.3 Å². The maximum atomic E-state index is 5.99. The fraction of sp³-hybridized carbons (Fsp3) is 0.333. The summed E-state index contributed by atoms with van der Waals surface area (Å²) in [5.41, 5.74) is 8.95. The molecule has 0 bridgehead atoms. The number of hydrogen-bond acceptors (Lipinski definition) is 5. The lowest BCUT2D eigenvalue weighted by Crippen LogP contribution is -2.03. The first-order valence-electron chi connectivity index (χ1n) is 7.91. The first-order valence-corrected chi connectivity index (χ1v) is 7.91. The number of nitrogens with two attached hydrogens (primary N) is 1. The summed E-state index contributed by atoms with van der Waals surface area (Å²) < 4.78 is 16.1. The van der Waals surface area contributed by atoms with Crippen molar-refractivity contribution in [1.29, 1.82) is 0 Å². The van der Waals surface area contributed by atoms with Gasteiger partial charge in [-0.1, -0.05) is 6.07 Å². The predicted molar refractivity (Wildman–Crippen MR) is 91.4 cm³/mol. The third-order valence-electron chi connectivity index (χ3n) is 3.72. The Bertz CT molecular complexity index is 673. The van der Waals surface area contributed by atoms with Crippen molar-refractivity contribution in [2.24, 2.45) is 0 Å². The Morgan fingerprint density at radius 3 is 2.83 bits per heavy atom. The van der Waals surface area contributed by atoms with E-state index in [4.69, 9.17) is 19.9 Å². The second kappa shape index (κ2) is 7.13. The smallest absolute Gasteiger partial charge is 0.231 e. The zero-order chi connectivity index (χ0) is 16.1. The van der Waals surface area contributed by atoms with Crippen molar-refractivity contribution in [3.05, 3.63) is 42.0 Å². The molecule has 0 saturated carbocycles. The number of hydrogen-bond donors (Lipinski definition) is 2. The Balaban J connectivity index is 1.47. The molecular weight excluding hydrogens is 292 g/mol. The van der Waals surface area contributed by atoms with E-state index in [9.17, 15) is 0 Å². The second-order valence-corrected chi connectivity index (χ2v) is 5.40. The lowest BCUT2D eigenvalue weighted by molar-refractivity contribution is 0.174. The summed E-state index contributed by atoms with van der Waals surface area (Å²) in [5, 5.41) is 3.40. The molecule has 23 heavy (non-hydrogen) atoms. The van der Waals surface area contributed by atoms with Crippen molar-refractivity contribution in [3.8, 4) is 17.2 Å². The van der Waals surface area contributed by atoms with Gasteiger partial charge in [-0.2, -0.15) is 0 Å². The third kappa shape index (κ3) is 3.80. The monoisotopic (exact) mass is 314 g/mol. The Morgan fingerprint density at radius 1 is 1.13 bits per heavy atom. The predicted octanol–water partition coefficient (Wildman–Crippen LogP) is 3.44. The van der Waals surface area contributed by atoms with Gasteiger partial charge in [0.1, 0.15) is 5.75 Å². The zero-order valence-corrected chi connectivity index (χ0v) is 13.3. The highest BCUT2D eigenvalue weighted by Crippen LogP contribution is 2.34. The number of anilines is 2. The van der Waals surface area contributed by atoms with Crippen molar-refractivity contribution in [3.63, 3.8) is 0 Å². The van der Waals surface area contributed by atoms with Crippen LogP contribution in [-0.2, 0) is 6.42 Å². The molecule has 0 amide bonds. The van der Waals surface area contributed by atoms with E-state index < -0.39 is 0 Å². The fourth-order valence-corrected chi connectivity index (χ4v) is 2.57. The van der Waals surface area contributed by atoms with E-state index in [0.717, 1.165) is 42.3 Å². The Kier molecular flexibility index (Phi) is 4.76. The van der Waals surface area contributed by atoms with Crippen LogP contribution in [0.25, 0.3) is 0 Å². The summed E-state index contributed by atoms with van der Waals surface area (Å²) in [6.45, 7) is 3.77. The van der Waals surface area contributed by atoms with Crippen LogP contribution >= 0.6 is 0 Å². The van der Waals surface area contributed by atoms with Gasteiger partial charge < -0.3 is 25.3 Å². The highest BCUT2D eigenvalue weighted by atomic mass is 16.7. The topological polar surface area (TPSA) is 65.7 Å². The van der Waals surface area contributed by atoms with Crippen molar-refractivity contribution in [1.82, 2.24) is 0 Å². The molecule has 0 spiro atoms. The summed E-state index contributed by atoms with van der Waals surface area (Å²) in [6, 6.07) is 11.9. The number of rotatable bonds is 7. The first kappa shape index (κ1) is 15.3. The van der Waals surface area contributed by atoms with E-state index >= 15 is 0 Å². The maximum Gasteiger partial charge on any atom is 0.231 e. The number of benzene rings is 2. The van der Waals surface area contributed by atoms with Gasteiger partial charge in [0, 0.05) is 18.3 Å². The molecule has 5 nitrogen and oxygen atoms in total. The fourth-order valence-electron chi connectivity index (χ4n) is 2.57. The Labute approximate surface area is 136 Å². The lowest BCUT2D eigenvalue weighted by atomic mass is 10.1. The third-order valence-corrected chi connectivity index (χ3v) is 3.72. The standard InChI is InChI=1S/C18H22N2O3/c1-2-21-16-7-5-13(10-15(16)19)4-3-9-20-14-6-8-17-18(11-14)23-12-22-17/h5-8,10-11,20H,2-4,9,12,19H2,1H3. The Morgan fingerprint density at radius 2 is 2.00 bits per heavy atom. The van der Waals surface area contributed by atoms with E-state index in [1.54, 1.807) is 0 Å². The van der Waals surface area contributed by atoms with Gasteiger partial charge in [0.15, 0.2) is 11.5 Å². The number of ether oxygens (including phenoxy) is 3. The highest BCUT2D eigenvalue weighted by molar-refractivity contribution is 5.56. The largest absolute Gasteiger partial charge is 0.492 e. The molecule has 0 aromatic heterocycles. The molecule has 0 fully saturated rings. The van der Waals surface area contributed by atoms with E-state index in [0.29, 0.717) is 19.1 Å². The van der Waals surface area contributed by atoms with Crippen LogP contribution in [0.1, 0.15) is 18.9 Å². The molecule has 1 aliphatic heterocycles. The molecule has 0 atom stereocenters. The molecule has 3 rings (SSSR count). The molecule has 2 aromatic carbocycles. The summed E-state index contributed by atoms with van der Waals surface area (Å²) in [5.74, 6) is 2.37. The van der Waals surface area contributed by atoms with Crippen LogP contribution in [0.4, 0.5) is 11.4 Å². The number of nitrogen functional groups attached to an aromatic ring is 1. The zero-order valence-electron chi connectivity index (χ0n) is 13.3. The molecule has 122 valence electrons. The highest BCUT2D eigenvalue weighted by Gasteiger charge is 2.12. The Hall–Kier alpha value is -2.56. The molecule has 0 unspecified atom stereocenters. The van der Waals surface area contributed by atoms with E-state index in [1.165, 1.54) is 5.56 Å². The summed E-state index contributed by atoms with van der Waals surface area (Å²) in [7, 11) is 0. The van der Waals surface area contributed by atoms with Crippen LogP contribution < -0.4 is 25.3 Å². The minimum atomic E-state index is 0.304. The lowest BCUT2D eigenvalue weighted by Gasteiger charge is -2.10. The molecule has 3 N–H and O–H groups in total. The van der Waals surface area contributed by atoms with Crippen molar-refractivity contribution in [2.75, 3.05) is 31.0 Å². The van der Waals surface area contributed by atoms with Crippen LogP contribution in [0.2, 0.25) is 0 Å². The molecule has 0 aliphatic carbocycles. The molecule has 5 heteroatoms. The van der Waals surface area contributed by atoms with E-state index in [1.807, 2.05) is 37.3 Å². The molecular formula is C18H22N2O3. The molecule has 2 aromatic rings. The minimum absolute atomic E-state index is 0.304. The molecule has 0 radical (unpaired) electrons. The van der Waals surface area contributed by atoms with Crippen LogP contribution in [0, 0.1) is 0 Å². The quantitative estimate of drug-likeness (QED) is 0.605. The van der Waals surface area contributed by atoms with Crippen LogP contribution in [0.5, 0.6) is 17.2 Å². The summed E-state index contributed by atoms with van der Waals surface area (Å²) in [4.78, 5) is 0. The SMILES string of the molecule is CCOc1ccc(CCCNc2ccc3c(c2)OCO3)cc1N. The first-order chi connectivity index (χ1) is 11.3. The summed E-state index contributed by atoms with van der Waals surface area (Å²) in [6.07, 6.45) is 1.98. The van der Waals surface area contributed by atoms with Gasteiger partial charge >= 0.3 is 0 Å². The number of aryl methyl sites for hydroxylation is 1. The number of nitrogens with one attached hydrogen (secondary N) is 1. The number of fused-ring (bicyclic) bond motifs is 1. The van der Waals surface area contributed by atoms with Crippen LogP contribution in [0.15, 0.2) is 36.4 Å². The van der Waals surface area contributed by atoms with Gasteiger partial charge in [-0.15, -0.1) is 0 Å². The molecule has 0 saturated heterocycles. The average molecular weight is 314 g/mol. The van der Waals surface area contributed by atoms with Gasteiger partial charge in [-0.25, -0.2) is 0 Å². The van der Waals surface area contributed by atoms with Crippen LogP contribution in [0.3, 0.4) is 0 Å². The van der Waals surface area contributed by atoms with Crippen molar-refractivity contribution in [2.45, 2.75) is 19.8 Å². The average Bonchev–Trinajstić information content (AvgIpc) is 3.02. The van der Waals surface area contributed by atoms with Crippen molar-refractivity contribution >= 4 is 11.4 Å². The molecule has 1 heterocycles. The molecule has 1 aliphatic rings. The second-order valence-electron chi connectivity index (χ2n) is 5.40. The van der Waals surface area contributed by atoms with Gasteiger partial charge in [0.25, 0.3) is 0 Å². The van der Waals surface area contributed by atoms with Crippen LogP contribution in [-0.4, -0.2) is 19.9 Å². The van der Waals surface area contributed by atoms with E-state index in [-0.39, 0.29) is 0 Å². The van der Waals surface area contributed by atoms with Gasteiger partial charge in [-0.05, 0) is 49.6 Å². The van der Waals surface area contributed by atoms with Crippen molar-refractivity contribution < 1.29 is 14.2 Å². The summed E-state index contributed by atoms with van der Waals surface area (Å²) >= 11 is 0. The van der Waals surface area contributed by atoms with Gasteiger partial charge in [0.2, 0.25) is 6.79 Å². The van der Waals surface area contributed by atoms with Gasteiger partial charge in [-0.3, -0.25) is 0 Å². The van der Waals surface area contributed by atoms with E-state index in [2.05, 4.69) is 11.4 Å².